The van der Waals surface area contributed by atoms with Crippen LogP contribution in [-0.2, 0) is 0 Å². The molecule has 0 fully saturated rings. The van der Waals surface area contributed by atoms with Gasteiger partial charge in [0, 0.05) is 55.6 Å². The molecule has 4 heterocycles. The van der Waals surface area contributed by atoms with Crippen molar-refractivity contribution in [2.45, 2.75) is 53.4 Å². The third-order valence-electron chi connectivity index (χ3n) is 8.28. The Balaban J connectivity index is 1.26. The molecule has 0 amide bonds. The molecule has 0 aliphatic carbocycles. The van der Waals surface area contributed by atoms with Gasteiger partial charge in [0.25, 0.3) is 0 Å². The Morgan fingerprint density at radius 1 is 1.07 bits per heavy atom. The van der Waals surface area contributed by atoms with Crippen molar-refractivity contribution in [1.29, 1.82) is 0 Å². The highest BCUT2D eigenvalue weighted by Crippen LogP contribution is 2.40. The number of hydrogen-bond acceptors (Lipinski definition) is 8. The maximum Gasteiger partial charge on any atom is 0.172 e. The van der Waals surface area contributed by atoms with Crippen LogP contribution in [0.15, 0.2) is 60.6 Å². The molecular formula is C34H40N6O2. The summed E-state index contributed by atoms with van der Waals surface area (Å²) >= 11 is 0. The molecule has 0 radical (unpaired) electrons. The van der Waals surface area contributed by atoms with E-state index in [4.69, 9.17) is 14.5 Å². The lowest BCUT2D eigenvalue weighted by Crippen LogP contribution is -2.30. The van der Waals surface area contributed by atoms with Crippen molar-refractivity contribution in [2.75, 3.05) is 41.9 Å². The van der Waals surface area contributed by atoms with E-state index in [1.54, 1.807) is 6.33 Å². The van der Waals surface area contributed by atoms with Gasteiger partial charge in [-0.15, -0.1) is 0 Å². The van der Waals surface area contributed by atoms with Crippen molar-refractivity contribution < 1.29 is 9.47 Å². The molecule has 2 unspecified atom stereocenters. The van der Waals surface area contributed by atoms with Crippen LogP contribution in [0.5, 0.6) is 17.2 Å². The summed E-state index contributed by atoms with van der Waals surface area (Å²) in [7, 11) is 2.09. The highest BCUT2D eigenvalue weighted by atomic mass is 16.5. The second kappa shape index (κ2) is 11.5. The molecule has 0 bridgehead atoms. The van der Waals surface area contributed by atoms with Crippen LogP contribution in [0.25, 0.3) is 11.0 Å². The van der Waals surface area contributed by atoms with Crippen molar-refractivity contribution in [2.24, 2.45) is 5.92 Å². The number of aromatic nitrogens is 3. The van der Waals surface area contributed by atoms with Crippen molar-refractivity contribution in [3.8, 4) is 17.2 Å². The Morgan fingerprint density at radius 2 is 1.93 bits per heavy atom. The van der Waals surface area contributed by atoms with Crippen LogP contribution in [0.2, 0.25) is 0 Å². The molecule has 218 valence electrons. The second-order valence-electron chi connectivity index (χ2n) is 11.7. The van der Waals surface area contributed by atoms with Crippen LogP contribution < -0.4 is 24.6 Å². The number of pyridine rings is 1. The Morgan fingerprint density at radius 3 is 2.74 bits per heavy atom. The van der Waals surface area contributed by atoms with Crippen molar-refractivity contribution >= 4 is 34.0 Å². The molecule has 0 spiro atoms. The largest absolute Gasteiger partial charge is 0.489 e. The standard InChI is InChI=1S/C34H40N6O2/c1-7-8-13-40-17-21(2)19-41-31-16-28-32(38-34(31)40)33(36-20-35-28)37-25-9-12-30(22(3)14-25)42-26-10-11-29-27(15-26)24(5)23(4)18-39(29)6/h9-12,14-16,18,20-21,24H,7-8,13,17,19H2,1-6H3,(H,35,36,37). The smallest absolute Gasteiger partial charge is 0.172 e. The minimum Gasteiger partial charge on any atom is -0.489 e. The topological polar surface area (TPSA) is 75.6 Å². The van der Waals surface area contributed by atoms with Gasteiger partial charge in [-0.2, -0.15) is 0 Å². The number of rotatable bonds is 7. The summed E-state index contributed by atoms with van der Waals surface area (Å²) in [5.74, 6) is 4.75. The fourth-order valence-corrected chi connectivity index (χ4v) is 5.78. The van der Waals surface area contributed by atoms with E-state index in [-0.39, 0.29) is 0 Å². The van der Waals surface area contributed by atoms with Gasteiger partial charge in [0.05, 0.1) is 12.1 Å². The highest BCUT2D eigenvalue weighted by molar-refractivity contribution is 5.90. The molecule has 6 rings (SSSR count). The van der Waals surface area contributed by atoms with Crippen LogP contribution in [0.1, 0.15) is 57.6 Å². The van der Waals surface area contributed by atoms with Gasteiger partial charge in [0.15, 0.2) is 17.4 Å². The normalized spacial score (nSPS) is 18.1. The van der Waals surface area contributed by atoms with Gasteiger partial charge in [0.2, 0.25) is 0 Å². The molecule has 2 aromatic heterocycles. The highest BCUT2D eigenvalue weighted by Gasteiger charge is 2.24. The summed E-state index contributed by atoms with van der Waals surface area (Å²) < 4.78 is 12.5. The Hall–Kier alpha value is -4.33. The van der Waals surface area contributed by atoms with E-state index in [0.29, 0.717) is 24.3 Å². The number of anilines is 4. The van der Waals surface area contributed by atoms with Crippen LogP contribution in [-0.4, -0.2) is 41.7 Å². The Labute approximate surface area is 248 Å². The van der Waals surface area contributed by atoms with Gasteiger partial charge in [-0.3, -0.25) is 0 Å². The zero-order chi connectivity index (χ0) is 29.4. The summed E-state index contributed by atoms with van der Waals surface area (Å²) in [4.78, 5) is 18.7. The molecule has 0 saturated heterocycles. The Kier molecular flexibility index (Phi) is 7.62. The van der Waals surface area contributed by atoms with Gasteiger partial charge in [-0.1, -0.05) is 27.2 Å². The minimum absolute atomic E-state index is 0.354. The average molecular weight is 565 g/mol. The van der Waals surface area contributed by atoms with Gasteiger partial charge in [0.1, 0.15) is 23.3 Å². The molecular weight excluding hydrogens is 524 g/mol. The first kappa shape index (κ1) is 27.8. The number of fused-ring (bicyclic) bond motifs is 3. The molecule has 8 nitrogen and oxygen atoms in total. The second-order valence-corrected chi connectivity index (χ2v) is 11.7. The first-order valence-electron chi connectivity index (χ1n) is 14.9. The van der Waals surface area contributed by atoms with Gasteiger partial charge >= 0.3 is 0 Å². The van der Waals surface area contributed by atoms with E-state index in [9.17, 15) is 0 Å². The SMILES string of the molecule is CCCCN1CC(C)COc2cc3ncnc(Nc4ccc(Oc5ccc6c(c5)C(C)C(C)=CN6C)c(C)c4)c3nc21. The molecule has 4 aromatic rings. The van der Waals surface area contributed by atoms with Crippen LogP contribution in [0.3, 0.4) is 0 Å². The van der Waals surface area contributed by atoms with E-state index >= 15 is 0 Å². The number of benzene rings is 2. The number of nitrogens with zero attached hydrogens (tertiary/aromatic N) is 5. The lowest BCUT2D eigenvalue weighted by molar-refractivity contribution is 0.273. The van der Waals surface area contributed by atoms with E-state index in [1.165, 1.54) is 16.8 Å². The van der Waals surface area contributed by atoms with E-state index in [1.807, 2.05) is 24.3 Å². The molecule has 2 aliphatic heterocycles. The van der Waals surface area contributed by atoms with Gasteiger partial charge in [-0.05, 0) is 73.4 Å². The Bertz CT molecular complexity index is 1650. The van der Waals surface area contributed by atoms with Gasteiger partial charge in [-0.25, -0.2) is 15.0 Å². The number of aryl methyl sites for hydroxylation is 1. The monoisotopic (exact) mass is 564 g/mol. The van der Waals surface area contributed by atoms with E-state index < -0.39 is 0 Å². The van der Waals surface area contributed by atoms with Crippen LogP contribution in [0.4, 0.5) is 23.0 Å². The van der Waals surface area contributed by atoms with Crippen molar-refractivity contribution in [3.05, 3.63) is 71.7 Å². The minimum atomic E-state index is 0.354. The third kappa shape index (κ3) is 5.45. The number of allylic oxidation sites excluding steroid dienone is 1. The number of hydrogen-bond donors (Lipinski definition) is 1. The molecule has 42 heavy (non-hydrogen) atoms. The molecule has 8 heteroatoms. The van der Waals surface area contributed by atoms with Gasteiger partial charge < -0.3 is 24.6 Å². The maximum absolute atomic E-state index is 6.37. The van der Waals surface area contributed by atoms with Crippen LogP contribution >= 0.6 is 0 Å². The maximum atomic E-state index is 6.37. The first-order valence-corrected chi connectivity index (χ1v) is 14.9. The fraction of sp³-hybridized carbons (Fsp3) is 0.382. The number of unbranched alkanes of at least 4 members (excludes halogenated alkanes) is 1. The van der Waals surface area contributed by atoms with Crippen molar-refractivity contribution in [3.63, 3.8) is 0 Å². The first-order chi connectivity index (χ1) is 20.3. The predicted octanol–water partition coefficient (Wildman–Crippen LogP) is 7.96. The summed E-state index contributed by atoms with van der Waals surface area (Å²) in [6.07, 6.45) is 6.01. The molecule has 2 aromatic carbocycles. The van der Waals surface area contributed by atoms with Crippen molar-refractivity contribution in [1.82, 2.24) is 15.0 Å². The quantitative estimate of drug-likeness (QED) is 0.242. The molecule has 0 saturated carbocycles. The lowest BCUT2D eigenvalue weighted by atomic mass is 9.90. The number of ether oxygens (including phenoxy) is 2. The molecule has 2 atom stereocenters. The molecule has 2 aliphatic rings. The van der Waals surface area contributed by atoms with E-state index in [0.717, 1.165) is 71.3 Å². The summed E-state index contributed by atoms with van der Waals surface area (Å²) in [5, 5.41) is 3.48. The third-order valence-corrected chi connectivity index (χ3v) is 8.28. The molecule has 1 N–H and O–H groups in total. The summed E-state index contributed by atoms with van der Waals surface area (Å²) in [6.45, 7) is 13.4. The summed E-state index contributed by atoms with van der Waals surface area (Å²) in [6, 6.07) is 14.4. The zero-order valence-electron chi connectivity index (χ0n) is 25.4. The van der Waals surface area contributed by atoms with E-state index in [2.05, 4.69) is 91.1 Å². The lowest BCUT2D eigenvalue weighted by Gasteiger charge is -2.29. The zero-order valence-corrected chi connectivity index (χ0v) is 25.4. The fourth-order valence-electron chi connectivity index (χ4n) is 5.78. The predicted molar refractivity (Wildman–Crippen MR) is 171 cm³/mol. The average Bonchev–Trinajstić information content (AvgIpc) is 3.13. The summed E-state index contributed by atoms with van der Waals surface area (Å²) in [5.41, 5.74) is 7.25. The van der Waals surface area contributed by atoms with Crippen LogP contribution in [0, 0.1) is 12.8 Å². The number of nitrogens with one attached hydrogen (secondary N) is 1.